The van der Waals surface area contributed by atoms with Crippen molar-refractivity contribution in [2.24, 2.45) is 0 Å². The normalized spacial score (nSPS) is 25.9. The van der Waals surface area contributed by atoms with Crippen LogP contribution in [0.25, 0.3) is 0 Å². The van der Waals surface area contributed by atoms with Crippen molar-refractivity contribution in [1.29, 1.82) is 0 Å². The highest BCUT2D eigenvalue weighted by atomic mass is 16.1. The summed E-state index contributed by atoms with van der Waals surface area (Å²) in [5, 5.41) is 6.43. The Morgan fingerprint density at radius 2 is 1.94 bits per heavy atom. The molecule has 1 fully saturated rings. The molecule has 90 valence electrons. The molecule has 0 saturated heterocycles. The van der Waals surface area contributed by atoms with Gasteiger partial charge >= 0.3 is 0 Å². The molecule has 0 aliphatic heterocycles. The van der Waals surface area contributed by atoms with Crippen LogP contribution in [0.2, 0.25) is 0 Å². The zero-order valence-corrected chi connectivity index (χ0v) is 9.87. The highest BCUT2D eigenvalue weighted by molar-refractivity contribution is 5.78. The maximum Gasteiger partial charge on any atom is 0.234 e. The summed E-state index contributed by atoms with van der Waals surface area (Å²) in [6.45, 7) is 0.481. The summed E-state index contributed by atoms with van der Waals surface area (Å²) in [5.74, 6) is 0.168. The molecule has 16 heavy (non-hydrogen) atoms. The second-order valence-corrected chi connectivity index (χ2v) is 4.91. The minimum Gasteiger partial charge on any atom is -0.352 e. The summed E-state index contributed by atoms with van der Waals surface area (Å²) >= 11 is 0. The Morgan fingerprint density at radius 1 is 1.12 bits per heavy atom. The number of nitrogens with one attached hydrogen (secondary N) is 2. The van der Waals surface area contributed by atoms with Gasteiger partial charge in [-0.2, -0.15) is 0 Å². The Kier molecular flexibility index (Phi) is 4.40. The summed E-state index contributed by atoms with van der Waals surface area (Å²) < 4.78 is 0. The molecular formula is C13H22N2O. The second kappa shape index (κ2) is 6.04. The third-order valence-corrected chi connectivity index (χ3v) is 3.54. The molecule has 3 nitrogen and oxygen atoms in total. The van der Waals surface area contributed by atoms with E-state index in [-0.39, 0.29) is 5.91 Å². The molecule has 1 atom stereocenters. The molecule has 2 N–H and O–H groups in total. The van der Waals surface area contributed by atoms with E-state index in [4.69, 9.17) is 0 Å². The topological polar surface area (TPSA) is 41.1 Å². The van der Waals surface area contributed by atoms with E-state index in [1.54, 1.807) is 0 Å². The SMILES string of the molecule is O=C(CNC1CC=CCC1)NC1CCCC1. The van der Waals surface area contributed by atoms with E-state index in [9.17, 15) is 4.79 Å². The van der Waals surface area contributed by atoms with Crippen molar-refractivity contribution in [3.05, 3.63) is 12.2 Å². The van der Waals surface area contributed by atoms with Gasteiger partial charge in [-0.15, -0.1) is 0 Å². The number of amides is 1. The largest absolute Gasteiger partial charge is 0.352 e. The van der Waals surface area contributed by atoms with Crippen LogP contribution in [0.3, 0.4) is 0 Å². The highest BCUT2D eigenvalue weighted by Gasteiger charge is 2.17. The number of allylic oxidation sites excluding steroid dienone is 1. The average molecular weight is 222 g/mol. The first kappa shape index (κ1) is 11.6. The molecule has 0 bridgehead atoms. The highest BCUT2D eigenvalue weighted by Crippen LogP contribution is 2.17. The molecule has 0 heterocycles. The van der Waals surface area contributed by atoms with E-state index in [0.29, 0.717) is 18.6 Å². The molecule has 2 rings (SSSR count). The molecule has 0 spiro atoms. The summed E-state index contributed by atoms with van der Waals surface area (Å²) in [4.78, 5) is 11.7. The lowest BCUT2D eigenvalue weighted by Gasteiger charge is -2.20. The van der Waals surface area contributed by atoms with Crippen LogP contribution in [0.4, 0.5) is 0 Å². The molecule has 0 aromatic carbocycles. The fourth-order valence-corrected chi connectivity index (χ4v) is 2.56. The van der Waals surface area contributed by atoms with Gasteiger partial charge in [0.1, 0.15) is 0 Å². The third-order valence-electron chi connectivity index (χ3n) is 3.54. The van der Waals surface area contributed by atoms with Gasteiger partial charge in [0.2, 0.25) is 5.91 Å². The fourth-order valence-electron chi connectivity index (χ4n) is 2.56. The van der Waals surface area contributed by atoms with Gasteiger partial charge in [-0.25, -0.2) is 0 Å². The minimum atomic E-state index is 0.168. The zero-order valence-electron chi connectivity index (χ0n) is 9.87. The molecule has 0 aromatic heterocycles. The standard InChI is InChI=1S/C13H22N2O/c16-13(15-12-8-4-5-9-12)10-14-11-6-2-1-3-7-11/h1-2,11-12,14H,3-10H2,(H,15,16). The Labute approximate surface area is 97.7 Å². The Morgan fingerprint density at radius 3 is 2.62 bits per heavy atom. The third kappa shape index (κ3) is 3.63. The van der Waals surface area contributed by atoms with Crippen LogP contribution in [0, 0.1) is 0 Å². The van der Waals surface area contributed by atoms with Gasteiger partial charge in [0.25, 0.3) is 0 Å². The maximum absolute atomic E-state index is 11.7. The van der Waals surface area contributed by atoms with Crippen LogP contribution in [-0.4, -0.2) is 24.5 Å². The zero-order chi connectivity index (χ0) is 11.2. The van der Waals surface area contributed by atoms with Gasteiger partial charge < -0.3 is 10.6 Å². The van der Waals surface area contributed by atoms with Crippen molar-refractivity contribution in [3.63, 3.8) is 0 Å². The lowest BCUT2D eigenvalue weighted by Crippen LogP contribution is -2.42. The van der Waals surface area contributed by atoms with Crippen molar-refractivity contribution in [2.75, 3.05) is 6.54 Å². The molecule has 1 saturated carbocycles. The van der Waals surface area contributed by atoms with E-state index in [1.165, 1.54) is 12.8 Å². The van der Waals surface area contributed by atoms with Crippen molar-refractivity contribution in [3.8, 4) is 0 Å². The predicted molar refractivity (Wildman–Crippen MR) is 65.2 cm³/mol. The van der Waals surface area contributed by atoms with E-state index >= 15 is 0 Å². The fraction of sp³-hybridized carbons (Fsp3) is 0.769. The summed E-state index contributed by atoms with van der Waals surface area (Å²) in [6.07, 6.45) is 12.7. The number of carbonyl (C=O) groups excluding carboxylic acids is 1. The van der Waals surface area contributed by atoms with E-state index < -0.39 is 0 Å². The summed E-state index contributed by atoms with van der Waals surface area (Å²) in [6, 6.07) is 0.944. The van der Waals surface area contributed by atoms with Gasteiger partial charge in [-0.1, -0.05) is 25.0 Å². The van der Waals surface area contributed by atoms with Crippen molar-refractivity contribution < 1.29 is 4.79 Å². The van der Waals surface area contributed by atoms with Crippen LogP contribution in [0.1, 0.15) is 44.9 Å². The minimum absolute atomic E-state index is 0.168. The van der Waals surface area contributed by atoms with Crippen LogP contribution in [0.15, 0.2) is 12.2 Å². The quantitative estimate of drug-likeness (QED) is 0.711. The van der Waals surface area contributed by atoms with Gasteiger partial charge in [-0.05, 0) is 32.1 Å². The monoisotopic (exact) mass is 222 g/mol. The molecule has 1 amide bonds. The number of rotatable bonds is 4. The number of carbonyl (C=O) groups is 1. The average Bonchev–Trinajstić information content (AvgIpc) is 2.81. The summed E-state index contributed by atoms with van der Waals surface area (Å²) in [5.41, 5.74) is 0. The van der Waals surface area contributed by atoms with Crippen molar-refractivity contribution in [1.82, 2.24) is 10.6 Å². The van der Waals surface area contributed by atoms with Gasteiger partial charge in [0, 0.05) is 12.1 Å². The molecule has 0 aromatic rings. The second-order valence-electron chi connectivity index (χ2n) is 4.91. The lowest BCUT2D eigenvalue weighted by atomic mass is 10.0. The number of hydrogen-bond donors (Lipinski definition) is 2. The molecule has 2 aliphatic rings. The molecule has 1 unspecified atom stereocenters. The van der Waals surface area contributed by atoms with Gasteiger partial charge in [0.15, 0.2) is 0 Å². The van der Waals surface area contributed by atoms with Crippen LogP contribution < -0.4 is 10.6 Å². The van der Waals surface area contributed by atoms with Gasteiger partial charge in [-0.3, -0.25) is 4.79 Å². The summed E-state index contributed by atoms with van der Waals surface area (Å²) in [7, 11) is 0. The van der Waals surface area contributed by atoms with Gasteiger partial charge in [0.05, 0.1) is 6.54 Å². The number of hydrogen-bond acceptors (Lipinski definition) is 2. The predicted octanol–water partition coefficient (Wildman–Crippen LogP) is 1.74. The van der Waals surface area contributed by atoms with E-state index in [0.717, 1.165) is 32.1 Å². The molecular weight excluding hydrogens is 200 g/mol. The Balaban J connectivity index is 1.61. The lowest BCUT2D eigenvalue weighted by molar-refractivity contribution is -0.121. The van der Waals surface area contributed by atoms with Crippen LogP contribution in [-0.2, 0) is 4.79 Å². The first-order chi connectivity index (χ1) is 7.84. The first-order valence-electron chi connectivity index (χ1n) is 6.52. The van der Waals surface area contributed by atoms with Crippen molar-refractivity contribution >= 4 is 5.91 Å². The van der Waals surface area contributed by atoms with Crippen molar-refractivity contribution in [2.45, 2.75) is 57.0 Å². The molecule has 2 aliphatic carbocycles. The van der Waals surface area contributed by atoms with Crippen LogP contribution in [0.5, 0.6) is 0 Å². The molecule has 0 radical (unpaired) electrons. The Hall–Kier alpha value is -0.830. The van der Waals surface area contributed by atoms with E-state index in [1.807, 2.05) is 0 Å². The maximum atomic E-state index is 11.7. The molecule has 3 heteroatoms. The van der Waals surface area contributed by atoms with E-state index in [2.05, 4.69) is 22.8 Å². The Bertz CT molecular complexity index is 257. The first-order valence-corrected chi connectivity index (χ1v) is 6.52. The smallest absolute Gasteiger partial charge is 0.234 e. The van der Waals surface area contributed by atoms with Crippen LogP contribution >= 0.6 is 0 Å².